The monoisotopic (exact) mass is 443 g/mol. The number of ether oxygens (including phenoxy) is 1. The summed E-state index contributed by atoms with van der Waals surface area (Å²) in [5, 5.41) is 11.3. The van der Waals surface area contributed by atoms with Gasteiger partial charge in [-0.15, -0.1) is 10.2 Å². The van der Waals surface area contributed by atoms with Crippen LogP contribution in [0.5, 0.6) is 11.6 Å². The zero-order valence-corrected chi connectivity index (χ0v) is 17.9. The molecular weight excluding hydrogens is 421 g/mol. The van der Waals surface area contributed by atoms with Gasteiger partial charge in [-0.1, -0.05) is 24.6 Å². The first-order chi connectivity index (χ1) is 16.2. The Hall–Kier alpha value is -4.07. The maximum atomic E-state index is 14.7. The lowest BCUT2D eigenvalue weighted by Crippen LogP contribution is -2.14. The van der Waals surface area contributed by atoms with Crippen molar-refractivity contribution in [1.82, 2.24) is 19.7 Å². The lowest BCUT2D eigenvalue weighted by Gasteiger charge is -2.12. The highest BCUT2D eigenvalue weighted by molar-refractivity contribution is 6.06. The molecule has 0 saturated carbocycles. The van der Waals surface area contributed by atoms with E-state index in [4.69, 9.17) is 4.74 Å². The number of halogens is 1. The smallest absolute Gasteiger partial charge is 0.261 e. The van der Waals surface area contributed by atoms with Crippen LogP contribution < -0.4 is 10.1 Å². The molecule has 5 rings (SSSR count). The largest absolute Gasteiger partial charge is 0.438 e. The van der Waals surface area contributed by atoms with E-state index in [0.717, 1.165) is 38.1 Å². The normalized spacial score (nSPS) is 13.1. The fraction of sp³-hybridized carbons (Fsp3) is 0.200. The third kappa shape index (κ3) is 4.45. The molecule has 0 saturated heterocycles. The Bertz CT molecular complexity index is 1290. The minimum Gasteiger partial charge on any atom is -0.438 e. The Balaban J connectivity index is 1.41. The second kappa shape index (κ2) is 9.20. The molecule has 0 fully saturated rings. The second-order valence-corrected chi connectivity index (χ2v) is 7.82. The molecule has 0 radical (unpaired) electrons. The Morgan fingerprint density at radius 1 is 1.00 bits per heavy atom. The number of amides is 1. The quantitative estimate of drug-likeness (QED) is 0.456. The van der Waals surface area contributed by atoms with Gasteiger partial charge in [0, 0.05) is 24.8 Å². The van der Waals surface area contributed by atoms with Crippen molar-refractivity contribution in [1.29, 1.82) is 0 Å². The molecule has 0 spiro atoms. The van der Waals surface area contributed by atoms with Crippen LogP contribution in [-0.2, 0) is 13.0 Å². The van der Waals surface area contributed by atoms with E-state index in [1.54, 1.807) is 36.5 Å². The molecule has 1 aliphatic heterocycles. The molecule has 1 amide bonds. The molecule has 0 unspecified atom stereocenters. The fourth-order valence-corrected chi connectivity index (χ4v) is 3.90. The average Bonchev–Trinajstić information content (AvgIpc) is 3.08. The number of rotatable bonds is 5. The first-order valence-corrected chi connectivity index (χ1v) is 10.9. The van der Waals surface area contributed by atoms with Crippen molar-refractivity contribution in [2.24, 2.45) is 0 Å². The van der Waals surface area contributed by atoms with E-state index >= 15 is 0 Å². The lowest BCUT2D eigenvalue weighted by atomic mass is 10.1. The summed E-state index contributed by atoms with van der Waals surface area (Å²) in [5.74, 6) is 1.28. The van der Waals surface area contributed by atoms with Gasteiger partial charge in [0.15, 0.2) is 5.82 Å². The van der Waals surface area contributed by atoms with Crippen molar-refractivity contribution in [2.45, 2.75) is 32.2 Å². The molecule has 0 bridgehead atoms. The van der Waals surface area contributed by atoms with Crippen molar-refractivity contribution in [3.63, 3.8) is 0 Å². The molecule has 1 N–H and O–H groups in total. The highest BCUT2D eigenvalue weighted by Crippen LogP contribution is 2.29. The molecule has 2 aromatic carbocycles. The number of nitrogens with zero attached hydrogens (tertiary/aromatic N) is 4. The van der Waals surface area contributed by atoms with Gasteiger partial charge in [-0.2, -0.15) is 0 Å². The molecule has 3 heterocycles. The Labute approximate surface area is 190 Å². The van der Waals surface area contributed by atoms with E-state index in [-0.39, 0.29) is 11.4 Å². The minimum atomic E-state index is -0.415. The molecule has 4 aromatic rings. The van der Waals surface area contributed by atoms with Gasteiger partial charge in [-0.25, -0.2) is 9.37 Å². The molecule has 8 heteroatoms. The number of hydrogen-bond donors (Lipinski definition) is 1. The second-order valence-electron chi connectivity index (χ2n) is 7.82. The Morgan fingerprint density at radius 2 is 1.88 bits per heavy atom. The number of aryl methyl sites for hydroxylation is 1. The van der Waals surface area contributed by atoms with E-state index < -0.39 is 11.7 Å². The van der Waals surface area contributed by atoms with Crippen molar-refractivity contribution in [3.05, 3.63) is 84.1 Å². The third-order valence-corrected chi connectivity index (χ3v) is 5.55. The van der Waals surface area contributed by atoms with E-state index in [2.05, 4.69) is 20.5 Å². The van der Waals surface area contributed by atoms with Gasteiger partial charge in [0.05, 0.1) is 5.56 Å². The van der Waals surface area contributed by atoms with Gasteiger partial charge < -0.3 is 14.6 Å². The molecular formula is C25H22FN5O2. The van der Waals surface area contributed by atoms with Crippen molar-refractivity contribution < 1.29 is 13.9 Å². The average molecular weight is 443 g/mol. The molecule has 1 aliphatic rings. The minimum absolute atomic E-state index is 0.186. The van der Waals surface area contributed by atoms with E-state index in [1.807, 2.05) is 22.8 Å². The summed E-state index contributed by atoms with van der Waals surface area (Å²) in [5.41, 5.74) is 1.01. The highest BCUT2D eigenvalue weighted by Gasteiger charge is 2.20. The Morgan fingerprint density at radius 3 is 2.76 bits per heavy atom. The third-order valence-electron chi connectivity index (χ3n) is 5.55. The van der Waals surface area contributed by atoms with Crippen molar-refractivity contribution in [3.8, 4) is 23.0 Å². The summed E-state index contributed by atoms with van der Waals surface area (Å²) in [4.78, 5) is 17.2. The zero-order chi connectivity index (χ0) is 22.6. The number of nitrogens with one attached hydrogen (secondary N) is 1. The molecule has 0 aliphatic carbocycles. The van der Waals surface area contributed by atoms with Crippen LogP contribution in [0.3, 0.4) is 0 Å². The van der Waals surface area contributed by atoms with Gasteiger partial charge in [0.25, 0.3) is 5.91 Å². The van der Waals surface area contributed by atoms with Gasteiger partial charge in [0.2, 0.25) is 5.88 Å². The van der Waals surface area contributed by atoms with Gasteiger partial charge in [-0.3, -0.25) is 4.79 Å². The standard InChI is InChI=1S/C25H22FN5O2/c26-21-13-12-17(16-20(21)23-30-29-22-11-5-2-6-15-31(22)23)28-24(32)19-10-7-14-27-25(19)33-18-8-3-1-4-9-18/h1,3-4,7-10,12-14,16H,2,5-6,11,15H2,(H,28,32). The van der Waals surface area contributed by atoms with Crippen LogP contribution in [0, 0.1) is 5.82 Å². The number of para-hydroxylation sites is 1. The number of carbonyl (C=O) groups is 1. The van der Waals surface area contributed by atoms with E-state index in [1.165, 1.54) is 12.1 Å². The summed E-state index contributed by atoms with van der Waals surface area (Å²) < 4.78 is 22.5. The maximum Gasteiger partial charge on any atom is 0.261 e. The van der Waals surface area contributed by atoms with Crippen LogP contribution >= 0.6 is 0 Å². The number of fused-ring (bicyclic) bond motifs is 1. The van der Waals surface area contributed by atoms with Crippen LogP contribution in [-0.4, -0.2) is 25.7 Å². The Kier molecular flexibility index (Phi) is 5.80. The van der Waals surface area contributed by atoms with Gasteiger partial charge >= 0.3 is 0 Å². The number of carbonyl (C=O) groups excluding carboxylic acids is 1. The van der Waals surface area contributed by atoms with Crippen molar-refractivity contribution >= 4 is 11.6 Å². The number of anilines is 1. The highest BCUT2D eigenvalue weighted by atomic mass is 19.1. The van der Waals surface area contributed by atoms with Crippen LogP contribution in [0.15, 0.2) is 66.9 Å². The lowest BCUT2D eigenvalue weighted by molar-refractivity contribution is 0.102. The molecule has 2 aromatic heterocycles. The number of hydrogen-bond acceptors (Lipinski definition) is 5. The summed E-state index contributed by atoms with van der Waals surface area (Å²) >= 11 is 0. The first kappa shape index (κ1) is 20.8. The summed E-state index contributed by atoms with van der Waals surface area (Å²) in [6, 6.07) is 16.8. The maximum absolute atomic E-state index is 14.7. The topological polar surface area (TPSA) is 81.9 Å². The van der Waals surface area contributed by atoms with E-state index in [9.17, 15) is 9.18 Å². The number of pyridine rings is 1. The summed E-state index contributed by atoms with van der Waals surface area (Å²) in [7, 11) is 0. The van der Waals surface area contributed by atoms with Crippen LogP contribution in [0.2, 0.25) is 0 Å². The summed E-state index contributed by atoms with van der Waals surface area (Å²) in [6.07, 6.45) is 5.55. The fourth-order valence-electron chi connectivity index (χ4n) is 3.90. The van der Waals surface area contributed by atoms with Crippen LogP contribution in [0.1, 0.15) is 35.4 Å². The number of benzene rings is 2. The van der Waals surface area contributed by atoms with Crippen molar-refractivity contribution in [2.75, 3.05) is 5.32 Å². The molecule has 33 heavy (non-hydrogen) atoms. The van der Waals surface area contributed by atoms with Gasteiger partial charge in [0.1, 0.15) is 23.0 Å². The van der Waals surface area contributed by atoms with E-state index in [0.29, 0.717) is 22.8 Å². The molecule has 7 nitrogen and oxygen atoms in total. The zero-order valence-electron chi connectivity index (χ0n) is 17.9. The van der Waals surface area contributed by atoms with Crippen LogP contribution in [0.4, 0.5) is 10.1 Å². The summed E-state index contributed by atoms with van der Waals surface area (Å²) in [6.45, 7) is 0.754. The molecule has 0 atom stereocenters. The predicted molar refractivity (Wildman–Crippen MR) is 122 cm³/mol. The van der Waals surface area contributed by atoms with Gasteiger partial charge in [-0.05, 0) is 55.3 Å². The number of aromatic nitrogens is 4. The predicted octanol–water partition coefficient (Wildman–Crippen LogP) is 5.25. The SMILES string of the molecule is O=C(Nc1ccc(F)c(-c2nnc3n2CCCCC3)c1)c1cccnc1Oc1ccccc1. The first-order valence-electron chi connectivity index (χ1n) is 10.9. The molecule has 166 valence electrons. The van der Waals surface area contributed by atoms with Crippen LogP contribution in [0.25, 0.3) is 11.4 Å².